The van der Waals surface area contributed by atoms with Gasteiger partial charge in [0.1, 0.15) is 11.5 Å². The molecule has 2 heterocycles. The summed E-state index contributed by atoms with van der Waals surface area (Å²) in [6.45, 7) is 4.75. The van der Waals surface area contributed by atoms with Gasteiger partial charge in [-0.3, -0.25) is 0 Å². The normalized spacial score (nSPS) is 13.5. The quantitative estimate of drug-likeness (QED) is 0.183. The minimum atomic E-state index is -0.184. The van der Waals surface area contributed by atoms with Gasteiger partial charge in [0.15, 0.2) is 0 Å². The summed E-state index contributed by atoms with van der Waals surface area (Å²) >= 11 is 1.86. The lowest BCUT2D eigenvalue weighted by molar-refractivity contribution is 0.487. The average molecular weight is 684 g/mol. The van der Waals surface area contributed by atoms with Crippen molar-refractivity contribution in [1.29, 1.82) is 0 Å². The smallest absolute Gasteiger partial charge is 0.135 e. The fourth-order valence-corrected chi connectivity index (χ4v) is 9.80. The number of ether oxygens (including phenoxy) is 1. The predicted molar refractivity (Wildman–Crippen MR) is 220 cm³/mol. The van der Waals surface area contributed by atoms with Gasteiger partial charge in [-0.15, -0.1) is 11.3 Å². The Morgan fingerprint density at radius 2 is 1.15 bits per heavy atom. The van der Waals surface area contributed by atoms with Crippen molar-refractivity contribution in [2.75, 3.05) is 4.90 Å². The van der Waals surface area contributed by atoms with Crippen molar-refractivity contribution in [1.82, 2.24) is 0 Å². The highest BCUT2D eigenvalue weighted by atomic mass is 32.1. The topological polar surface area (TPSA) is 12.5 Å². The molecule has 0 spiro atoms. The first-order valence-corrected chi connectivity index (χ1v) is 18.7. The molecule has 246 valence electrons. The van der Waals surface area contributed by atoms with Gasteiger partial charge in [-0.2, -0.15) is 0 Å². The number of hydrogen-bond donors (Lipinski definition) is 0. The lowest BCUT2D eigenvalue weighted by Crippen LogP contribution is -2.16. The fraction of sp³-hybridized carbons (Fsp3) is 0.0612. The van der Waals surface area contributed by atoms with Gasteiger partial charge in [-0.05, 0) is 111 Å². The fourth-order valence-electron chi connectivity index (χ4n) is 8.67. The van der Waals surface area contributed by atoms with Crippen LogP contribution >= 0.6 is 11.3 Å². The molecule has 2 nitrogen and oxygen atoms in total. The maximum absolute atomic E-state index is 6.42. The van der Waals surface area contributed by atoms with Crippen LogP contribution in [0.2, 0.25) is 0 Å². The van der Waals surface area contributed by atoms with Crippen LogP contribution in [0.25, 0.3) is 64.3 Å². The highest BCUT2D eigenvalue weighted by Gasteiger charge is 2.36. The molecular weight excluding hydrogens is 651 g/mol. The molecular formula is C49H33NOS. The second kappa shape index (κ2) is 10.9. The van der Waals surface area contributed by atoms with Gasteiger partial charge < -0.3 is 9.64 Å². The van der Waals surface area contributed by atoms with E-state index in [9.17, 15) is 0 Å². The van der Waals surface area contributed by atoms with Crippen LogP contribution in [0.3, 0.4) is 0 Å². The minimum absolute atomic E-state index is 0.184. The Kier molecular flexibility index (Phi) is 6.21. The Morgan fingerprint density at radius 3 is 2.04 bits per heavy atom. The molecule has 8 aromatic carbocycles. The van der Waals surface area contributed by atoms with Gasteiger partial charge in [0.25, 0.3) is 0 Å². The van der Waals surface area contributed by atoms with Crippen LogP contribution in [0.1, 0.15) is 25.0 Å². The third-order valence-corrected chi connectivity index (χ3v) is 12.4. The summed E-state index contributed by atoms with van der Waals surface area (Å²) in [6.07, 6.45) is 0. The molecule has 1 aromatic heterocycles. The van der Waals surface area contributed by atoms with E-state index in [-0.39, 0.29) is 5.41 Å². The van der Waals surface area contributed by atoms with Crippen LogP contribution in [-0.4, -0.2) is 0 Å². The van der Waals surface area contributed by atoms with E-state index >= 15 is 0 Å². The number of anilines is 3. The summed E-state index contributed by atoms with van der Waals surface area (Å²) in [5.74, 6) is 1.84. The molecule has 9 aromatic rings. The number of thiophene rings is 1. The number of hydrogen-bond acceptors (Lipinski definition) is 3. The summed E-state index contributed by atoms with van der Waals surface area (Å²) in [4.78, 5) is 2.41. The summed E-state index contributed by atoms with van der Waals surface area (Å²) in [7, 11) is 0. The van der Waals surface area contributed by atoms with E-state index in [1.165, 1.54) is 69.9 Å². The molecule has 3 heteroatoms. The van der Waals surface area contributed by atoms with Crippen LogP contribution in [0.4, 0.5) is 17.1 Å². The van der Waals surface area contributed by atoms with E-state index in [1.807, 2.05) is 11.3 Å². The predicted octanol–water partition coefficient (Wildman–Crippen LogP) is 14.4. The van der Waals surface area contributed by atoms with Crippen molar-refractivity contribution >= 4 is 59.3 Å². The number of benzene rings is 8. The Balaban J connectivity index is 1.00. The zero-order chi connectivity index (χ0) is 34.6. The van der Waals surface area contributed by atoms with E-state index in [0.717, 1.165) is 34.1 Å². The van der Waals surface area contributed by atoms with Crippen LogP contribution in [0.15, 0.2) is 164 Å². The molecule has 0 fully saturated rings. The largest absolute Gasteiger partial charge is 0.456 e. The molecule has 0 atom stereocenters. The number of rotatable bonds is 4. The second-order valence-corrected chi connectivity index (χ2v) is 15.6. The van der Waals surface area contributed by atoms with Crippen LogP contribution in [-0.2, 0) is 5.41 Å². The van der Waals surface area contributed by atoms with Crippen molar-refractivity contribution in [2.45, 2.75) is 19.3 Å². The Labute approximate surface area is 306 Å². The van der Waals surface area contributed by atoms with Crippen LogP contribution in [0.5, 0.6) is 11.5 Å². The molecule has 1 aliphatic heterocycles. The van der Waals surface area contributed by atoms with E-state index < -0.39 is 0 Å². The maximum atomic E-state index is 6.42. The van der Waals surface area contributed by atoms with Crippen LogP contribution in [0, 0.1) is 0 Å². The van der Waals surface area contributed by atoms with Gasteiger partial charge in [0.2, 0.25) is 0 Å². The summed E-state index contributed by atoms with van der Waals surface area (Å²) in [6, 6.07) is 59.9. The molecule has 0 saturated heterocycles. The zero-order valence-corrected chi connectivity index (χ0v) is 29.7. The van der Waals surface area contributed by atoms with Crippen molar-refractivity contribution in [3.8, 4) is 44.9 Å². The van der Waals surface area contributed by atoms with Crippen molar-refractivity contribution in [2.24, 2.45) is 0 Å². The molecule has 0 saturated carbocycles. The SMILES string of the molecule is CC1(C)c2cc(-c3ccc4c(c3)-c3cccc5cccc(c35)O4)ccc2-c2ccc(N(c3ccccc3)c3ccc4c(c3)sc3ccccc34)cc21. The van der Waals surface area contributed by atoms with E-state index in [1.54, 1.807) is 0 Å². The second-order valence-electron chi connectivity index (χ2n) is 14.5. The molecule has 0 N–H and O–H groups in total. The molecule has 1 aliphatic carbocycles. The third-order valence-electron chi connectivity index (χ3n) is 11.2. The van der Waals surface area contributed by atoms with Crippen molar-refractivity contribution < 1.29 is 4.74 Å². The molecule has 0 radical (unpaired) electrons. The molecule has 0 amide bonds. The summed E-state index contributed by atoms with van der Waals surface area (Å²) in [5.41, 5.74) is 13.4. The molecule has 0 unspecified atom stereocenters. The van der Waals surface area contributed by atoms with Crippen molar-refractivity contribution in [3.63, 3.8) is 0 Å². The van der Waals surface area contributed by atoms with E-state index in [4.69, 9.17) is 4.74 Å². The number of nitrogens with zero attached hydrogens (tertiary/aromatic N) is 1. The molecule has 2 aliphatic rings. The average Bonchev–Trinajstić information content (AvgIpc) is 3.66. The lowest BCUT2D eigenvalue weighted by Gasteiger charge is -2.28. The third kappa shape index (κ3) is 4.30. The van der Waals surface area contributed by atoms with Gasteiger partial charge in [-0.25, -0.2) is 0 Å². The zero-order valence-electron chi connectivity index (χ0n) is 28.9. The van der Waals surface area contributed by atoms with E-state index in [2.05, 4.69) is 183 Å². The first-order valence-electron chi connectivity index (χ1n) is 17.9. The van der Waals surface area contributed by atoms with Gasteiger partial charge in [0.05, 0.1) is 0 Å². The van der Waals surface area contributed by atoms with Crippen molar-refractivity contribution in [3.05, 3.63) is 175 Å². The standard InChI is InChI=1S/C49H33NOS/c1-49(2)42-27-32(31-19-25-44-41(26-31)40-15-8-10-30-11-9-16-45(51-44)48(30)40)18-22-36(42)37-23-20-34(28-43(37)49)50(33-12-4-3-5-13-33)35-21-24-39-38-14-6-7-17-46(38)52-47(39)29-35/h3-29H,1-2H3. The van der Waals surface area contributed by atoms with Crippen LogP contribution < -0.4 is 9.64 Å². The minimum Gasteiger partial charge on any atom is -0.456 e. The number of fused-ring (bicyclic) bond motifs is 8. The lowest BCUT2D eigenvalue weighted by atomic mass is 9.81. The van der Waals surface area contributed by atoms with Gasteiger partial charge >= 0.3 is 0 Å². The summed E-state index contributed by atoms with van der Waals surface area (Å²) in [5, 5.41) is 5.02. The molecule has 0 bridgehead atoms. The first-order chi connectivity index (χ1) is 25.5. The van der Waals surface area contributed by atoms with E-state index in [0.29, 0.717) is 0 Å². The Bertz CT molecular complexity index is 2910. The van der Waals surface area contributed by atoms with Gasteiger partial charge in [-0.1, -0.05) is 111 Å². The highest BCUT2D eigenvalue weighted by molar-refractivity contribution is 7.25. The number of para-hydroxylation sites is 1. The summed E-state index contributed by atoms with van der Waals surface area (Å²) < 4.78 is 9.04. The Hall–Kier alpha value is -6.16. The monoisotopic (exact) mass is 683 g/mol. The first kappa shape index (κ1) is 29.6. The van der Waals surface area contributed by atoms with Gasteiger partial charge in [0, 0.05) is 53.6 Å². The molecule has 11 rings (SSSR count). The maximum Gasteiger partial charge on any atom is 0.135 e. The Morgan fingerprint density at radius 1 is 0.462 bits per heavy atom. The highest BCUT2D eigenvalue weighted by Crippen LogP contribution is 2.53. The molecule has 52 heavy (non-hydrogen) atoms.